The number of anilines is 2. The van der Waals surface area contributed by atoms with Gasteiger partial charge in [-0.3, -0.25) is 24.8 Å². The number of carbonyl (C=O) groups excluding carboxylic acids is 3. The molecule has 2 saturated heterocycles. The molecule has 0 radical (unpaired) electrons. The Balaban J connectivity index is 0.000000286. The summed E-state index contributed by atoms with van der Waals surface area (Å²) in [6.07, 6.45) is 12.9. The number of amides is 4. The average Bonchev–Trinajstić information content (AvgIpc) is 3.86. The number of nitrogens with zero attached hydrogens (tertiary/aromatic N) is 8. The molecule has 288 valence electrons. The van der Waals surface area contributed by atoms with Gasteiger partial charge in [-0.25, -0.2) is 14.8 Å². The number of carbonyl (C=O) groups is 3. The van der Waals surface area contributed by atoms with Crippen LogP contribution in [0.1, 0.15) is 78.6 Å². The fourth-order valence-corrected chi connectivity index (χ4v) is 7.59. The number of aryl methyl sites for hydroxylation is 2. The largest absolute Gasteiger partial charge is 1.00 e. The van der Waals surface area contributed by atoms with E-state index in [1.165, 1.54) is 18.5 Å². The fraction of sp³-hybridized carbons (Fsp3) is 0.452. The summed E-state index contributed by atoms with van der Waals surface area (Å²) in [4.78, 5) is 57.9. The molecule has 12 nitrogen and oxygen atoms in total. The maximum absolute atomic E-state index is 12.9. The predicted octanol–water partition coefficient (Wildman–Crippen LogP) is 2.88. The summed E-state index contributed by atoms with van der Waals surface area (Å²) in [7, 11) is 3.61. The summed E-state index contributed by atoms with van der Waals surface area (Å²) in [6, 6.07) is 14.4. The Morgan fingerprint density at radius 3 is 2.18 bits per heavy atom. The summed E-state index contributed by atoms with van der Waals surface area (Å²) in [5.41, 5.74) is 5.75. The molecule has 2 aliphatic heterocycles. The molecule has 0 unspecified atom stereocenters. The third kappa shape index (κ3) is 10.1. The number of hydrogen-bond donors (Lipinski definition) is 1. The first kappa shape index (κ1) is 41.9. The van der Waals surface area contributed by atoms with Crippen molar-refractivity contribution in [1.82, 2.24) is 34.6 Å². The van der Waals surface area contributed by atoms with Crippen molar-refractivity contribution in [2.45, 2.75) is 76.3 Å². The molecule has 3 aliphatic rings. The number of rotatable bonds is 11. The van der Waals surface area contributed by atoms with Crippen molar-refractivity contribution in [2.75, 3.05) is 56.6 Å². The zero-order valence-electron chi connectivity index (χ0n) is 32.9. The molecule has 1 N–H and O–H groups in total. The van der Waals surface area contributed by atoms with Crippen molar-refractivity contribution < 1.29 is 33.2 Å². The topological polar surface area (TPSA) is 120 Å². The molecule has 0 spiro atoms. The summed E-state index contributed by atoms with van der Waals surface area (Å²) in [5, 5.41) is 3.23. The van der Waals surface area contributed by atoms with Crippen LogP contribution >= 0.6 is 0 Å². The first-order valence-corrected chi connectivity index (χ1v) is 19.3. The molecule has 1 aromatic carbocycles. The Morgan fingerprint density at radius 2 is 1.58 bits per heavy atom. The van der Waals surface area contributed by atoms with E-state index in [0.29, 0.717) is 31.5 Å². The number of nitrogens with one attached hydrogen (secondary N) is 1. The molecule has 1 saturated carbocycles. The standard InChI is InChI=1S/C30H41N7O.C12H13N2O2.Li/c1-5-24(6-2)35-15-17-36(18-16-35)26-13-11-23(31-21-26)12-14-28-32-20-22-19-27(30(38)34(3)4)37(29(22)33-28)25-9-7-8-10-25;1-2-9-3-5-10(6-4-9)14-8-7-11(15)13-12(14)16;/h11,13,19-21,24-25H,1-2,5-10,12,14-18H2,3-4H3;3-6H,1-2,7-8H2,(H,13,15,16);/q-2;-1;+1. The van der Waals surface area contributed by atoms with Gasteiger partial charge in [-0.15, -0.1) is 0 Å². The van der Waals surface area contributed by atoms with Crippen LogP contribution in [0.3, 0.4) is 0 Å². The van der Waals surface area contributed by atoms with E-state index < -0.39 is 0 Å². The molecule has 3 fully saturated rings. The van der Waals surface area contributed by atoms with E-state index in [9.17, 15) is 14.4 Å². The molecule has 4 amide bonds. The maximum Gasteiger partial charge on any atom is 1.00 e. The third-order valence-corrected chi connectivity index (χ3v) is 10.8. The van der Waals surface area contributed by atoms with Gasteiger partial charge in [0.1, 0.15) is 17.2 Å². The van der Waals surface area contributed by atoms with Gasteiger partial charge in [0.25, 0.3) is 5.91 Å². The van der Waals surface area contributed by atoms with Gasteiger partial charge in [-0.05, 0) is 55.6 Å². The molecule has 5 heterocycles. The second-order valence-corrected chi connectivity index (χ2v) is 14.5. The van der Waals surface area contributed by atoms with Gasteiger partial charge in [-0.2, -0.15) is 19.3 Å². The van der Waals surface area contributed by atoms with Gasteiger partial charge in [0.2, 0.25) is 5.91 Å². The molecule has 4 aromatic rings. The van der Waals surface area contributed by atoms with Crippen molar-refractivity contribution in [3.05, 3.63) is 98.4 Å². The first-order chi connectivity index (χ1) is 26.2. The van der Waals surface area contributed by atoms with Gasteiger partial charge >= 0.3 is 24.9 Å². The minimum Gasteiger partial charge on any atom is -0.368 e. The predicted molar refractivity (Wildman–Crippen MR) is 213 cm³/mol. The van der Waals surface area contributed by atoms with Crippen LogP contribution in [0.4, 0.5) is 16.2 Å². The number of benzene rings is 1. The van der Waals surface area contributed by atoms with E-state index in [1.54, 1.807) is 23.9 Å². The molecule has 0 bridgehead atoms. The van der Waals surface area contributed by atoms with Gasteiger partial charge in [0.15, 0.2) is 0 Å². The van der Waals surface area contributed by atoms with Gasteiger partial charge < -0.3 is 40.0 Å². The van der Waals surface area contributed by atoms with Crippen LogP contribution in [0.25, 0.3) is 11.0 Å². The van der Waals surface area contributed by atoms with Crippen molar-refractivity contribution >= 4 is 40.3 Å². The van der Waals surface area contributed by atoms with E-state index in [0.717, 1.165) is 104 Å². The van der Waals surface area contributed by atoms with Crippen LogP contribution in [0.2, 0.25) is 0 Å². The number of aromatic nitrogens is 4. The van der Waals surface area contributed by atoms with Crippen molar-refractivity contribution in [3.63, 3.8) is 0 Å². The Kier molecular flexibility index (Phi) is 14.9. The van der Waals surface area contributed by atoms with Crippen LogP contribution in [-0.2, 0) is 24.1 Å². The second kappa shape index (κ2) is 19.6. The van der Waals surface area contributed by atoms with Crippen LogP contribution in [-0.4, -0.2) is 100 Å². The molecular weight excluding hydrogens is 685 g/mol. The zero-order valence-corrected chi connectivity index (χ0v) is 32.9. The molecule has 3 aromatic heterocycles. The number of pyridine rings is 1. The average molecular weight is 740 g/mol. The van der Waals surface area contributed by atoms with Gasteiger partial charge in [-0.1, -0.05) is 30.5 Å². The molecule has 13 heteroatoms. The number of fused-ring (bicyclic) bond motifs is 1. The minimum absolute atomic E-state index is 0. The van der Waals surface area contributed by atoms with E-state index >= 15 is 0 Å². The second-order valence-electron chi connectivity index (χ2n) is 14.5. The SMILES string of the molecule is [CH2-]CC(C[CH2-])N1CCN(c2ccc(CCc3ncc4cc(C(=O)N(C)C)n(C5CCCC5)c4n3)nc2)CC1.[CH2-]Cc1ccc(N2CCC(=O)NC2=O)cc1.[Li+]. The summed E-state index contributed by atoms with van der Waals surface area (Å²) < 4.78 is 2.18. The number of piperazine rings is 1. The number of imide groups is 1. The van der Waals surface area contributed by atoms with E-state index in [-0.39, 0.29) is 36.7 Å². The van der Waals surface area contributed by atoms with Crippen LogP contribution in [0, 0.1) is 20.8 Å². The number of hydrogen-bond acceptors (Lipinski definition) is 8. The fourth-order valence-electron chi connectivity index (χ4n) is 7.59. The Bertz CT molecular complexity index is 1880. The Morgan fingerprint density at radius 1 is 0.891 bits per heavy atom. The van der Waals surface area contributed by atoms with Crippen molar-refractivity contribution in [2.24, 2.45) is 0 Å². The summed E-state index contributed by atoms with van der Waals surface area (Å²) in [6.45, 7) is 16.5. The quantitative estimate of drug-likeness (QED) is 0.184. The molecule has 1 aliphatic carbocycles. The third-order valence-electron chi connectivity index (χ3n) is 10.8. The van der Waals surface area contributed by atoms with Crippen molar-refractivity contribution in [1.29, 1.82) is 0 Å². The van der Waals surface area contributed by atoms with Gasteiger partial charge in [0, 0.05) is 88.7 Å². The zero-order chi connectivity index (χ0) is 38.2. The van der Waals surface area contributed by atoms with E-state index in [1.807, 2.05) is 42.7 Å². The van der Waals surface area contributed by atoms with Crippen LogP contribution < -0.4 is 34.0 Å². The Labute approximate surface area is 338 Å². The minimum atomic E-state index is -0.348. The molecule has 55 heavy (non-hydrogen) atoms. The normalized spacial score (nSPS) is 16.5. The van der Waals surface area contributed by atoms with Gasteiger partial charge in [0.05, 0.1) is 11.9 Å². The van der Waals surface area contributed by atoms with Crippen LogP contribution in [0.5, 0.6) is 0 Å². The molecule has 0 atom stereocenters. The summed E-state index contributed by atoms with van der Waals surface area (Å²) in [5.74, 6) is 0.605. The van der Waals surface area contributed by atoms with E-state index in [2.05, 4.69) is 57.6 Å². The monoisotopic (exact) mass is 739 g/mol. The first-order valence-electron chi connectivity index (χ1n) is 19.3. The van der Waals surface area contributed by atoms with Crippen molar-refractivity contribution in [3.8, 4) is 0 Å². The Hall–Kier alpha value is -4.24. The number of urea groups is 1. The van der Waals surface area contributed by atoms with Crippen LogP contribution in [0.15, 0.2) is 54.9 Å². The summed E-state index contributed by atoms with van der Waals surface area (Å²) >= 11 is 0. The smallest absolute Gasteiger partial charge is 0.368 e. The maximum atomic E-state index is 12.9. The van der Waals surface area contributed by atoms with E-state index in [4.69, 9.17) is 9.97 Å². The molecule has 7 rings (SSSR count). The molecular formula is C42H54LiN9O3-2.